The first-order valence-electron chi connectivity index (χ1n) is 6.54. The van der Waals surface area contributed by atoms with Crippen molar-refractivity contribution in [1.82, 2.24) is 5.32 Å². The van der Waals surface area contributed by atoms with E-state index in [1.807, 2.05) is 6.92 Å². The highest BCUT2D eigenvalue weighted by Gasteiger charge is 2.30. The highest BCUT2D eigenvalue weighted by molar-refractivity contribution is 6.29. The van der Waals surface area contributed by atoms with Crippen LogP contribution in [0.1, 0.15) is 29.7 Å². The van der Waals surface area contributed by atoms with E-state index in [-0.39, 0.29) is 6.04 Å². The zero-order chi connectivity index (χ0) is 15.5. The van der Waals surface area contributed by atoms with E-state index in [1.165, 1.54) is 18.4 Å². The summed E-state index contributed by atoms with van der Waals surface area (Å²) in [5.74, 6) is 0. The van der Waals surface area contributed by atoms with Gasteiger partial charge in [0.2, 0.25) is 0 Å². The van der Waals surface area contributed by atoms with Crippen LogP contribution < -0.4 is 5.32 Å². The van der Waals surface area contributed by atoms with Gasteiger partial charge in [-0.2, -0.15) is 13.2 Å². The van der Waals surface area contributed by atoms with Crippen LogP contribution in [-0.2, 0) is 12.6 Å². The number of benzene rings is 1. The maximum atomic E-state index is 12.5. The first kappa shape index (κ1) is 15.9. The molecule has 1 aromatic carbocycles. The molecule has 1 N–H and O–H groups in total. The molecule has 0 saturated heterocycles. The lowest BCUT2D eigenvalue weighted by Gasteiger charge is -2.17. The maximum absolute atomic E-state index is 12.5. The molecule has 0 bridgehead atoms. The third kappa shape index (κ3) is 4.02. The molecule has 1 aromatic heterocycles. The fraction of sp³-hybridized carbons (Fsp3) is 0.333. The maximum Gasteiger partial charge on any atom is 0.416 e. The van der Waals surface area contributed by atoms with Crippen molar-refractivity contribution in [1.29, 1.82) is 0 Å². The molecule has 0 radical (unpaired) electrons. The molecule has 1 atom stereocenters. The lowest BCUT2D eigenvalue weighted by atomic mass is 10.00. The van der Waals surface area contributed by atoms with Crippen molar-refractivity contribution in [2.75, 3.05) is 6.54 Å². The number of rotatable bonds is 5. The van der Waals surface area contributed by atoms with E-state index in [0.29, 0.717) is 18.2 Å². The SMILES string of the molecule is CCNC(Cc1ccc(C(F)(F)F)cc1)c1ccoc1Cl. The molecule has 0 fully saturated rings. The van der Waals surface area contributed by atoms with Gasteiger partial charge in [-0.25, -0.2) is 0 Å². The summed E-state index contributed by atoms with van der Waals surface area (Å²) in [4.78, 5) is 0. The van der Waals surface area contributed by atoms with Crippen molar-refractivity contribution < 1.29 is 17.6 Å². The molecule has 1 unspecified atom stereocenters. The van der Waals surface area contributed by atoms with Gasteiger partial charge in [-0.05, 0) is 48.3 Å². The van der Waals surface area contributed by atoms with Crippen LogP contribution in [0, 0.1) is 0 Å². The predicted molar refractivity (Wildman–Crippen MR) is 75.3 cm³/mol. The summed E-state index contributed by atoms with van der Waals surface area (Å²) in [5, 5.41) is 3.55. The Kier molecular flexibility index (Phi) is 4.96. The van der Waals surface area contributed by atoms with Crippen molar-refractivity contribution in [3.63, 3.8) is 0 Å². The van der Waals surface area contributed by atoms with Crippen molar-refractivity contribution in [3.8, 4) is 0 Å². The molecule has 6 heteroatoms. The van der Waals surface area contributed by atoms with E-state index >= 15 is 0 Å². The van der Waals surface area contributed by atoms with Gasteiger partial charge in [0.05, 0.1) is 11.8 Å². The standard InChI is InChI=1S/C15H15ClF3NO/c1-2-20-13(12-7-8-21-14(12)16)9-10-3-5-11(6-4-10)15(17,18)19/h3-8,13,20H,2,9H2,1H3. The number of halogens is 4. The fourth-order valence-corrected chi connectivity index (χ4v) is 2.40. The average molecular weight is 318 g/mol. The summed E-state index contributed by atoms with van der Waals surface area (Å²) in [7, 11) is 0. The second kappa shape index (κ2) is 6.54. The Morgan fingerprint density at radius 1 is 1.19 bits per heavy atom. The predicted octanol–water partition coefficient (Wildman–Crippen LogP) is 4.85. The molecule has 114 valence electrons. The van der Waals surface area contributed by atoms with E-state index in [9.17, 15) is 13.2 Å². The Morgan fingerprint density at radius 2 is 1.86 bits per heavy atom. The molecule has 0 aliphatic heterocycles. The number of alkyl halides is 3. The van der Waals surface area contributed by atoms with Crippen molar-refractivity contribution in [2.24, 2.45) is 0 Å². The third-order valence-electron chi connectivity index (χ3n) is 3.19. The van der Waals surface area contributed by atoms with E-state index in [0.717, 1.165) is 23.3 Å². The minimum Gasteiger partial charge on any atom is -0.453 e. The van der Waals surface area contributed by atoms with Crippen molar-refractivity contribution in [3.05, 3.63) is 58.5 Å². The van der Waals surface area contributed by atoms with Crippen LogP contribution in [0.5, 0.6) is 0 Å². The minimum absolute atomic E-state index is 0.0991. The molecule has 0 spiro atoms. The van der Waals surface area contributed by atoms with Crippen LogP contribution in [0.15, 0.2) is 41.0 Å². The molecule has 0 aliphatic carbocycles. The zero-order valence-corrected chi connectivity index (χ0v) is 12.1. The average Bonchev–Trinajstić information content (AvgIpc) is 2.84. The van der Waals surface area contributed by atoms with Crippen LogP contribution in [0.2, 0.25) is 5.22 Å². The molecule has 2 aromatic rings. The van der Waals surface area contributed by atoms with E-state index in [2.05, 4.69) is 5.32 Å². The second-order valence-corrected chi connectivity index (χ2v) is 5.00. The third-order valence-corrected chi connectivity index (χ3v) is 3.50. The van der Waals surface area contributed by atoms with Crippen LogP contribution in [-0.4, -0.2) is 6.54 Å². The highest BCUT2D eigenvalue weighted by Crippen LogP contribution is 2.30. The second-order valence-electron chi connectivity index (χ2n) is 4.66. The zero-order valence-electron chi connectivity index (χ0n) is 11.4. The van der Waals surface area contributed by atoms with Gasteiger partial charge in [-0.3, -0.25) is 0 Å². The number of hydrogen-bond donors (Lipinski definition) is 1. The molecule has 0 amide bonds. The van der Waals surface area contributed by atoms with Gasteiger partial charge in [0.25, 0.3) is 0 Å². The van der Waals surface area contributed by atoms with Gasteiger partial charge in [0, 0.05) is 11.6 Å². The van der Waals surface area contributed by atoms with Crippen molar-refractivity contribution in [2.45, 2.75) is 25.6 Å². The topological polar surface area (TPSA) is 25.2 Å². The Hall–Kier alpha value is -1.46. The molecule has 1 heterocycles. The molecule has 0 aliphatic rings. The van der Waals surface area contributed by atoms with Crippen molar-refractivity contribution >= 4 is 11.6 Å². The molecule has 2 rings (SSSR count). The Bertz CT molecular complexity index is 577. The Labute approximate surface area is 125 Å². The molecule has 21 heavy (non-hydrogen) atoms. The van der Waals surface area contributed by atoms with Crippen LogP contribution in [0.25, 0.3) is 0 Å². The monoisotopic (exact) mass is 317 g/mol. The van der Waals surface area contributed by atoms with Crippen LogP contribution >= 0.6 is 11.6 Å². The normalized spacial score (nSPS) is 13.4. The largest absolute Gasteiger partial charge is 0.453 e. The molecule has 0 saturated carbocycles. The van der Waals surface area contributed by atoms with E-state index < -0.39 is 11.7 Å². The van der Waals surface area contributed by atoms with Crippen LogP contribution in [0.3, 0.4) is 0 Å². The van der Waals surface area contributed by atoms with Gasteiger partial charge < -0.3 is 9.73 Å². The summed E-state index contributed by atoms with van der Waals surface area (Å²) in [5.41, 5.74) is 0.956. The summed E-state index contributed by atoms with van der Waals surface area (Å²) in [6.07, 6.45) is -2.28. The first-order chi connectivity index (χ1) is 9.91. The van der Waals surface area contributed by atoms with Gasteiger partial charge in [0.15, 0.2) is 5.22 Å². The van der Waals surface area contributed by atoms with Gasteiger partial charge >= 0.3 is 6.18 Å². The smallest absolute Gasteiger partial charge is 0.416 e. The van der Waals surface area contributed by atoms with E-state index in [4.69, 9.17) is 16.0 Å². The number of likely N-dealkylation sites (N-methyl/N-ethyl adjacent to an activating group) is 1. The Morgan fingerprint density at radius 3 is 2.33 bits per heavy atom. The van der Waals surface area contributed by atoms with E-state index in [1.54, 1.807) is 6.07 Å². The summed E-state index contributed by atoms with van der Waals surface area (Å²) < 4.78 is 42.7. The number of furan rings is 1. The van der Waals surface area contributed by atoms with Gasteiger partial charge in [0.1, 0.15) is 0 Å². The quantitative estimate of drug-likeness (QED) is 0.853. The highest BCUT2D eigenvalue weighted by atomic mass is 35.5. The fourth-order valence-electron chi connectivity index (χ4n) is 2.16. The number of nitrogens with one attached hydrogen (secondary N) is 1. The molecular formula is C15H15ClF3NO. The number of hydrogen-bond acceptors (Lipinski definition) is 2. The minimum atomic E-state index is -4.31. The first-order valence-corrected chi connectivity index (χ1v) is 6.92. The lowest BCUT2D eigenvalue weighted by Crippen LogP contribution is -2.22. The summed E-state index contributed by atoms with van der Waals surface area (Å²) in [6.45, 7) is 2.67. The molecular weight excluding hydrogens is 303 g/mol. The Balaban J connectivity index is 2.16. The molecule has 2 nitrogen and oxygen atoms in total. The van der Waals surface area contributed by atoms with Gasteiger partial charge in [-0.15, -0.1) is 0 Å². The summed E-state index contributed by atoms with van der Waals surface area (Å²) >= 11 is 5.97. The van der Waals surface area contributed by atoms with Gasteiger partial charge in [-0.1, -0.05) is 19.1 Å². The summed E-state index contributed by atoms with van der Waals surface area (Å²) in [6, 6.07) is 6.82. The van der Waals surface area contributed by atoms with Crippen LogP contribution in [0.4, 0.5) is 13.2 Å². The lowest BCUT2D eigenvalue weighted by molar-refractivity contribution is -0.137.